The van der Waals surface area contributed by atoms with E-state index in [2.05, 4.69) is 20.3 Å². The number of carbonyl (C=O) groups is 1. The molecule has 0 radical (unpaired) electrons. The number of carbonyl (C=O) groups excluding carboxylic acids is 1. The Morgan fingerprint density at radius 1 is 1.15 bits per heavy atom. The zero-order valence-electron chi connectivity index (χ0n) is 15.8. The molecule has 1 saturated heterocycles. The van der Waals surface area contributed by atoms with Crippen LogP contribution < -0.4 is 0 Å². The average Bonchev–Trinajstić information content (AvgIpc) is 3.29. The Hall–Kier alpha value is -2.11. The molecule has 1 atom stereocenters. The molecule has 1 saturated carbocycles. The standard InChI is InChI=1S/C20H28N4O2/c1-13-14(2)23-26-19(13)16-12-21-22-18(16)17-10-6-7-11-24(17)20(25)15-8-4-3-5-9-15/h12,15,17H,3-11H2,1-2H3,(H,21,22). The van der Waals surface area contributed by atoms with Gasteiger partial charge in [0.25, 0.3) is 0 Å². The van der Waals surface area contributed by atoms with Gasteiger partial charge in [-0.3, -0.25) is 9.89 Å². The van der Waals surface area contributed by atoms with Gasteiger partial charge in [-0.05, 0) is 46.0 Å². The van der Waals surface area contributed by atoms with Gasteiger partial charge in [-0.25, -0.2) is 0 Å². The summed E-state index contributed by atoms with van der Waals surface area (Å²) < 4.78 is 5.57. The number of aromatic amines is 1. The lowest BCUT2D eigenvalue weighted by molar-refractivity contribution is -0.140. The third-order valence-corrected chi connectivity index (χ3v) is 6.14. The monoisotopic (exact) mass is 356 g/mol. The van der Waals surface area contributed by atoms with Crippen molar-refractivity contribution in [2.24, 2.45) is 5.92 Å². The van der Waals surface area contributed by atoms with Crippen molar-refractivity contribution in [3.63, 3.8) is 0 Å². The van der Waals surface area contributed by atoms with Crippen LogP contribution in [0.1, 0.15) is 74.4 Å². The maximum Gasteiger partial charge on any atom is 0.226 e. The van der Waals surface area contributed by atoms with Crippen molar-refractivity contribution in [3.05, 3.63) is 23.1 Å². The Morgan fingerprint density at radius 2 is 1.92 bits per heavy atom. The lowest BCUT2D eigenvalue weighted by atomic mass is 9.86. The number of piperidine rings is 1. The van der Waals surface area contributed by atoms with E-state index in [9.17, 15) is 4.79 Å². The second-order valence-electron chi connectivity index (χ2n) is 7.80. The molecule has 4 rings (SSSR count). The molecule has 1 N–H and O–H groups in total. The summed E-state index contributed by atoms with van der Waals surface area (Å²) >= 11 is 0. The minimum Gasteiger partial charge on any atom is -0.356 e. The highest BCUT2D eigenvalue weighted by atomic mass is 16.5. The first-order valence-electron chi connectivity index (χ1n) is 9.94. The van der Waals surface area contributed by atoms with E-state index >= 15 is 0 Å². The smallest absolute Gasteiger partial charge is 0.226 e. The number of nitrogens with one attached hydrogen (secondary N) is 1. The van der Waals surface area contributed by atoms with Crippen molar-refractivity contribution in [1.29, 1.82) is 0 Å². The number of rotatable bonds is 3. The summed E-state index contributed by atoms with van der Waals surface area (Å²) in [6.07, 6.45) is 10.7. The van der Waals surface area contributed by atoms with E-state index in [4.69, 9.17) is 4.52 Å². The second-order valence-corrected chi connectivity index (χ2v) is 7.80. The van der Waals surface area contributed by atoms with Crippen LogP contribution in [0, 0.1) is 19.8 Å². The predicted octanol–water partition coefficient (Wildman–Crippen LogP) is 4.32. The highest BCUT2D eigenvalue weighted by Gasteiger charge is 2.35. The molecule has 1 unspecified atom stereocenters. The molecule has 0 spiro atoms. The molecule has 2 aromatic rings. The predicted molar refractivity (Wildman–Crippen MR) is 98.4 cm³/mol. The van der Waals surface area contributed by atoms with Crippen LogP contribution in [0.25, 0.3) is 11.3 Å². The Balaban J connectivity index is 1.64. The van der Waals surface area contributed by atoms with Crippen LogP contribution in [-0.2, 0) is 4.79 Å². The minimum absolute atomic E-state index is 0.0560. The van der Waals surface area contributed by atoms with E-state index in [0.29, 0.717) is 5.91 Å². The van der Waals surface area contributed by atoms with E-state index in [1.165, 1.54) is 19.3 Å². The van der Waals surface area contributed by atoms with Gasteiger partial charge in [0.2, 0.25) is 5.91 Å². The lowest BCUT2D eigenvalue weighted by Crippen LogP contribution is -2.42. The van der Waals surface area contributed by atoms with E-state index in [-0.39, 0.29) is 12.0 Å². The molecule has 3 heterocycles. The Labute approximate surface area is 154 Å². The van der Waals surface area contributed by atoms with Gasteiger partial charge in [0.15, 0.2) is 5.76 Å². The number of nitrogens with zero attached hydrogens (tertiary/aromatic N) is 3. The molecule has 2 aromatic heterocycles. The van der Waals surface area contributed by atoms with Crippen LogP contribution in [0.2, 0.25) is 0 Å². The van der Waals surface area contributed by atoms with Crippen LogP contribution in [0.4, 0.5) is 0 Å². The number of aromatic nitrogens is 3. The van der Waals surface area contributed by atoms with E-state index in [0.717, 1.165) is 66.9 Å². The van der Waals surface area contributed by atoms with Gasteiger partial charge in [-0.15, -0.1) is 0 Å². The van der Waals surface area contributed by atoms with Crippen LogP contribution in [-0.4, -0.2) is 32.7 Å². The SMILES string of the molecule is Cc1noc(-c2cn[nH]c2C2CCCCN2C(=O)C2CCCCC2)c1C. The number of aryl methyl sites for hydroxylation is 1. The van der Waals surface area contributed by atoms with Crippen LogP contribution in [0.5, 0.6) is 0 Å². The van der Waals surface area contributed by atoms with Gasteiger partial charge in [0.1, 0.15) is 0 Å². The molecular formula is C20H28N4O2. The van der Waals surface area contributed by atoms with Gasteiger partial charge < -0.3 is 9.42 Å². The summed E-state index contributed by atoms with van der Waals surface area (Å²) in [5.41, 5.74) is 3.86. The van der Waals surface area contributed by atoms with Crippen molar-refractivity contribution >= 4 is 5.91 Å². The van der Waals surface area contributed by atoms with E-state index < -0.39 is 0 Å². The van der Waals surface area contributed by atoms with Crippen LogP contribution in [0.3, 0.4) is 0 Å². The van der Waals surface area contributed by atoms with Crippen molar-refractivity contribution in [2.75, 3.05) is 6.54 Å². The molecular weight excluding hydrogens is 328 g/mol. The number of likely N-dealkylation sites (tertiary alicyclic amines) is 1. The molecule has 2 fully saturated rings. The molecule has 0 bridgehead atoms. The van der Waals surface area contributed by atoms with Crippen molar-refractivity contribution < 1.29 is 9.32 Å². The minimum atomic E-state index is 0.0560. The van der Waals surface area contributed by atoms with Gasteiger partial charge in [0.05, 0.1) is 29.2 Å². The fourth-order valence-electron chi connectivity index (χ4n) is 4.48. The summed E-state index contributed by atoms with van der Waals surface area (Å²) in [5.74, 6) is 1.30. The maximum absolute atomic E-state index is 13.2. The fourth-order valence-corrected chi connectivity index (χ4v) is 4.48. The molecule has 26 heavy (non-hydrogen) atoms. The molecule has 140 valence electrons. The fraction of sp³-hybridized carbons (Fsp3) is 0.650. The van der Waals surface area contributed by atoms with Crippen LogP contribution >= 0.6 is 0 Å². The van der Waals surface area contributed by atoms with Gasteiger partial charge in [-0.2, -0.15) is 5.10 Å². The molecule has 1 amide bonds. The third kappa shape index (κ3) is 3.06. The topological polar surface area (TPSA) is 75.0 Å². The first-order valence-corrected chi connectivity index (χ1v) is 9.94. The van der Waals surface area contributed by atoms with Gasteiger partial charge >= 0.3 is 0 Å². The Kier molecular flexibility index (Phi) is 4.83. The molecule has 2 aliphatic rings. The highest BCUT2D eigenvalue weighted by molar-refractivity contribution is 5.80. The summed E-state index contributed by atoms with van der Waals surface area (Å²) in [6.45, 7) is 4.80. The first-order chi connectivity index (χ1) is 12.7. The quantitative estimate of drug-likeness (QED) is 0.889. The summed E-state index contributed by atoms with van der Waals surface area (Å²) in [5, 5.41) is 11.5. The number of hydrogen-bond donors (Lipinski definition) is 1. The van der Waals surface area contributed by atoms with Crippen molar-refractivity contribution in [3.8, 4) is 11.3 Å². The normalized spacial score (nSPS) is 21.9. The zero-order chi connectivity index (χ0) is 18.1. The molecule has 0 aromatic carbocycles. The number of amides is 1. The summed E-state index contributed by atoms with van der Waals surface area (Å²) in [7, 11) is 0. The largest absolute Gasteiger partial charge is 0.356 e. The average molecular weight is 356 g/mol. The first kappa shape index (κ1) is 17.3. The van der Waals surface area contributed by atoms with Gasteiger partial charge in [0, 0.05) is 18.0 Å². The molecule has 1 aliphatic carbocycles. The van der Waals surface area contributed by atoms with E-state index in [1.807, 2.05) is 13.8 Å². The van der Waals surface area contributed by atoms with Gasteiger partial charge in [-0.1, -0.05) is 24.4 Å². The van der Waals surface area contributed by atoms with Crippen LogP contribution in [0.15, 0.2) is 10.7 Å². The molecule has 6 heteroatoms. The summed E-state index contributed by atoms with van der Waals surface area (Å²) in [6, 6.07) is 0.0560. The lowest BCUT2D eigenvalue weighted by Gasteiger charge is -2.38. The number of H-pyrrole nitrogens is 1. The highest BCUT2D eigenvalue weighted by Crippen LogP contribution is 2.39. The molecule has 6 nitrogen and oxygen atoms in total. The maximum atomic E-state index is 13.2. The second kappa shape index (κ2) is 7.25. The summed E-state index contributed by atoms with van der Waals surface area (Å²) in [4.78, 5) is 15.3. The zero-order valence-corrected chi connectivity index (χ0v) is 15.8. The van der Waals surface area contributed by atoms with Crippen molar-refractivity contribution in [2.45, 2.75) is 71.3 Å². The third-order valence-electron chi connectivity index (χ3n) is 6.14. The Morgan fingerprint density at radius 3 is 2.65 bits per heavy atom. The van der Waals surface area contributed by atoms with E-state index in [1.54, 1.807) is 6.20 Å². The van der Waals surface area contributed by atoms with Crippen molar-refractivity contribution in [1.82, 2.24) is 20.3 Å². The Bertz CT molecular complexity index is 773. The molecule has 1 aliphatic heterocycles. The number of hydrogen-bond acceptors (Lipinski definition) is 4.